The maximum absolute atomic E-state index is 12.7. The van der Waals surface area contributed by atoms with E-state index in [0.29, 0.717) is 23.7 Å². The maximum Gasteiger partial charge on any atom is 0.243 e. The highest BCUT2D eigenvalue weighted by Gasteiger charge is 2.28. The maximum atomic E-state index is 12.7. The smallest absolute Gasteiger partial charge is 0.243 e. The van der Waals surface area contributed by atoms with Crippen molar-refractivity contribution in [2.75, 3.05) is 46.4 Å². The van der Waals surface area contributed by atoms with Crippen molar-refractivity contribution in [1.29, 1.82) is 0 Å². The van der Waals surface area contributed by atoms with E-state index >= 15 is 0 Å². The Bertz CT molecular complexity index is 594. The van der Waals surface area contributed by atoms with Crippen molar-refractivity contribution < 1.29 is 17.9 Å². The second-order valence-electron chi connectivity index (χ2n) is 6.23. The summed E-state index contributed by atoms with van der Waals surface area (Å²) in [7, 11) is -1.73. The number of sulfonamides is 1. The summed E-state index contributed by atoms with van der Waals surface area (Å²) < 4.78 is 37.7. The molecule has 1 heterocycles. The summed E-state index contributed by atoms with van der Waals surface area (Å²) in [4.78, 5) is 2.61. The topological polar surface area (TPSA) is 59.1 Å². The summed E-state index contributed by atoms with van der Waals surface area (Å²) in [5.41, 5.74) is 0. The first-order valence-electron chi connectivity index (χ1n) is 8.41. The predicted molar refractivity (Wildman–Crippen MR) is 93.9 cm³/mol. The van der Waals surface area contributed by atoms with Crippen molar-refractivity contribution in [1.82, 2.24) is 9.21 Å². The van der Waals surface area contributed by atoms with Gasteiger partial charge in [-0.3, -0.25) is 0 Å². The molecule has 6 nitrogen and oxygen atoms in total. The van der Waals surface area contributed by atoms with E-state index in [1.807, 2.05) is 13.8 Å². The fraction of sp³-hybridized carbons (Fsp3) is 0.647. The van der Waals surface area contributed by atoms with E-state index in [0.717, 1.165) is 32.7 Å². The van der Waals surface area contributed by atoms with E-state index in [9.17, 15) is 8.42 Å². The molecule has 1 aromatic carbocycles. The van der Waals surface area contributed by atoms with Gasteiger partial charge in [0.1, 0.15) is 5.75 Å². The molecule has 0 unspecified atom stereocenters. The third-order valence-corrected chi connectivity index (χ3v) is 5.90. The van der Waals surface area contributed by atoms with Crippen LogP contribution in [0.2, 0.25) is 0 Å². The molecule has 0 N–H and O–H groups in total. The Labute approximate surface area is 145 Å². The summed E-state index contributed by atoms with van der Waals surface area (Å²) in [6, 6.07) is 6.68. The van der Waals surface area contributed by atoms with Gasteiger partial charge in [0.2, 0.25) is 10.0 Å². The average molecular weight is 356 g/mol. The highest BCUT2D eigenvalue weighted by Crippen LogP contribution is 2.21. The van der Waals surface area contributed by atoms with Crippen LogP contribution in [-0.4, -0.2) is 70.2 Å². The molecule has 1 saturated heterocycles. The normalized spacial score (nSPS) is 17.3. The molecule has 1 fully saturated rings. The number of piperazine rings is 1. The summed E-state index contributed by atoms with van der Waals surface area (Å²) in [5.74, 6) is 0.687. The van der Waals surface area contributed by atoms with Crippen molar-refractivity contribution in [3.05, 3.63) is 24.3 Å². The quantitative estimate of drug-likeness (QED) is 0.665. The molecule has 0 bridgehead atoms. The Morgan fingerprint density at radius 1 is 1.08 bits per heavy atom. The van der Waals surface area contributed by atoms with Gasteiger partial charge < -0.3 is 14.4 Å². The molecule has 2 rings (SSSR count). The molecule has 1 aromatic rings. The van der Waals surface area contributed by atoms with E-state index < -0.39 is 10.0 Å². The minimum absolute atomic E-state index is 0.0682. The van der Waals surface area contributed by atoms with Gasteiger partial charge in [0, 0.05) is 46.4 Å². The highest BCUT2D eigenvalue weighted by molar-refractivity contribution is 7.89. The number of nitrogens with zero attached hydrogens (tertiary/aromatic N) is 2. The van der Waals surface area contributed by atoms with Gasteiger partial charge in [0.25, 0.3) is 0 Å². The summed E-state index contributed by atoms with van der Waals surface area (Å²) >= 11 is 0. The van der Waals surface area contributed by atoms with Crippen LogP contribution in [0.5, 0.6) is 5.75 Å². The lowest BCUT2D eigenvalue weighted by Gasteiger charge is -2.33. The van der Waals surface area contributed by atoms with Crippen molar-refractivity contribution in [2.24, 2.45) is 0 Å². The largest absolute Gasteiger partial charge is 0.491 e. The second-order valence-corrected chi connectivity index (χ2v) is 8.17. The zero-order chi connectivity index (χ0) is 17.6. The first-order valence-corrected chi connectivity index (χ1v) is 9.85. The fourth-order valence-electron chi connectivity index (χ4n) is 2.74. The summed E-state index contributed by atoms with van der Waals surface area (Å²) in [6.45, 7) is 8.15. The minimum Gasteiger partial charge on any atom is -0.491 e. The van der Waals surface area contributed by atoms with Gasteiger partial charge in [0.05, 0.1) is 11.0 Å². The van der Waals surface area contributed by atoms with Gasteiger partial charge in [-0.25, -0.2) is 8.42 Å². The third-order valence-electron chi connectivity index (χ3n) is 3.99. The minimum atomic E-state index is -3.43. The van der Waals surface area contributed by atoms with Crippen LogP contribution in [0.1, 0.15) is 20.3 Å². The van der Waals surface area contributed by atoms with E-state index in [1.165, 1.54) is 0 Å². The Morgan fingerprint density at radius 2 is 1.71 bits per heavy atom. The molecule has 7 heteroatoms. The molecule has 0 atom stereocenters. The van der Waals surface area contributed by atoms with Gasteiger partial charge in [-0.05, 0) is 44.5 Å². The molecule has 24 heavy (non-hydrogen) atoms. The van der Waals surface area contributed by atoms with Crippen molar-refractivity contribution in [3.63, 3.8) is 0 Å². The molecule has 0 amide bonds. The number of benzene rings is 1. The number of ether oxygens (including phenoxy) is 2. The number of hydrogen-bond acceptors (Lipinski definition) is 5. The molecule has 0 aromatic heterocycles. The standard InChI is InChI=1S/C17H28N2O4S/c1-15(2)23-16-5-7-17(8-6-16)24(20,21)19-12-10-18(11-13-19)9-4-14-22-3/h5-8,15H,4,9-14H2,1-3H3. The van der Waals surface area contributed by atoms with Crippen LogP contribution < -0.4 is 4.74 Å². The van der Waals surface area contributed by atoms with E-state index in [2.05, 4.69) is 4.90 Å². The van der Waals surface area contributed by atoms with Crippen LogP contribution in [0.25, 0.3) is 0 Å². The van der Waals surface area contributed by atoms with Crippen molar-refractivity contribution >= 4 is 10.0 Å². The van der Waals surface area contributed by atoms with Crippen LogP contribution in [-0.2, 0) is 14.8 Å². The lowest BCUT2D eigenvalue weighted by Crippen LogP contribution is -2.48. The molecule has 0 aliphatic carbocycles. The second kappa shape index (κ2) is 8.80. The van der Waals surface area contributed by atoms with Crippen LogP contribution in [0.3, 0.4) is 0 Å². The van der Waals surface area contributed by atoms with E-state index in [-0.39, 0.29) is 6.10 Å². The number of hydrogen-bond donors (Lipinski definition) is 0. The van der Waals surface area contributed by atoms with Gasteiger partial charge in [-0.15, -0.1) is 0 Å². The van der Waals surface area contributed by atoms with Gasteiger partial charge >= 0.3 is 0 Å². The molecule has 1 aliphatic heterocycles. The van der Waals surface area contributed by atoms with Crippen molar-refractivity contribution in [3.8, 4) is 5.75 Å². The fourth-order valence-corrected chi connectivity index (χ4v) is 4.16. The van der Waals surface area contributed by atoms with Crippen LogP contribution in [0, 0.1) is 0 Å². The molecule has 1 aliphatic rings. The van der Waals surface area contributed by atoms with Crippen LogP contribution in [0.4, 0.5) is 0 Å². The Kier molecular flexibility index (Phi) is 7.03. The molecule has 0 saturated carbocycles. The molecule has 0 radical (unpaired) electrons. The predicted octanol–water partition coefficient (Wildman–Crippen LogP) is 1.82. The van der Waals surface area contributed by atoms with Gasteiger partial charge in [0.15, 0.2) is 0 Å². The Morgan fingerprint density at radius 3 is 2.25 bits per heavy atom. The number of rotatable bonds is 8. The number of methoxy groups -OCH3 is 1. The zero-order valence-electron chi connectivity index (χ0n) is 14.8. The van der Waals surface area contributed by atoms with Crippen LogP contribution in [0.15, 0.2) is 29.2 Å². The van der Waals surface area contributed by atoms with Gasteiger partial charge in [-0.1, -0.05) is 0 Å². The highest BCUT2D eigenvalue weighted by atomic mass is 32.2. The Balaban J connectivity index is 1.94. The third kappa shape index (κ3) is 5.17. The summed E-state index contributed by atoms with van der Waals surface area (Å²) in [5, 5.41) is 0. The molecule has 0 spiro atoms. The first-order chi connectivity index (χ1) is 11.4. The molecule has 136 valence electrons. The average Bonchev–Trinajstić information content (AvgIpc) is 2.55. The van der Waals surface area contributed by atoms with Gasteiger partial charge in [-0.2, -0.15) is 4.31 Å². The van der Waals surface area contributed by atoms with Crippen molar-refractivity contribution in [2.45, 2.75) is 31.3 Å². The lowest BCUT2D eigenvalue weighted by molar-refractivity contribution is 0.149. The first kappa shape index (κ1) is 19.2. The summed E-state index contributed by atoms with van der Waals surface area (Å²) in [6.07, 6.45) is 1.04. The lowest BCUT2D eigenvalue weighted by atomic mass is 10.3. The molecular weight excluding hydrogens is 328 g/mol. The van der Waals surface area contributed by atoms with Crippen LogP contribution >= 0.6 is 0 Å². The van der Waals surface area contributed by atoms with E-state index in [4.69, 9.17) is 9.47 Å². The van der Waals surface area contributed by atoms with E-state index in [1.54, 1.807) is 35.7 Å². The zero-order valence-corrected chi connectivity index (χ0v) is 15.6. The molecular formula is C17H28N2O4S. The SMILES string of the molecule is COCCCN1CCN(S(=O)(=O)c2ccc(OC(C)C)cc2)CC1. The Hall–Kier alpha value is -1.15. The monoisotopic (exact) mass is 356 g/mol.